The molecule has 0 saturated carbocycles. The zero-order valence-corrected chi connectivity index (χ0v) is 24.7. The molecule has 0 unspecified atom stereocenters. The smallest absolute Gasteiger partial charge is 0.306 e. The largest absolute Gasteiger partial charge is 0.496 e. The predicted molar refractivity (Wildman–Crippen MR) is 157 cm³/mol. The molecule has 13 heteroatoms. The molecule has 0 heterocycles. The molecule has 42 heavy (non-hydrogen) atoms. The molecule has 0 aliphatic rings. The highest BCUT2D eigenvalue weighted by Gasteiger charge is 2.27. The Morgan fingerprint density at radius 2 is 1.38 bits per heavy atom. The van der Waals surface area contributed by atoms with Crippen LogP contribution < -0.4 is 28.3 Å². The maximum atomic E-state index is 14.4. The van der Waals surface area contributed by atoms with Crippen LogP contribution in [-0.2, 0) is 26.8 Å². The Balaban J connectivity index is 1.95. The Hall–Kier alpha value is -4.49. The van der Waals surface area contributed by atoms with Crippen molar-refractivity contribution < 1.29 is 43.8 Å². The molecule has 0 aliphatic carbocycles. The van der Waals surface area contributed by atoms with E-state index in [-0.39, 0.29) is 57.7 Å². The van der Waals surface area contributed by atoms with E-state index in [9.17, 15) is 21.2 Å². The fourth-order valence-electron chi connectivity index (χ4n) is 4.14. The van der Waals surface area contributed by atoms with Gasteiger partial charge in [-0.2, -0.15) is 16.8 Å². The fourth-order valence-corrected chi connectivity index (χ4v) is 5.06. The van der Waals surface area contributed by atoms with Gasteiger partial charge in [0.25, 0.3) is 0 Å². The molecule has 0 atom stereocenters. The minimum atomic E-state index is -4.15. The van der Waals surface area contributed by atoms with E-state index >= 15 is 0 Å². The summed E-state index contributed by atoms with van der Waals surface area (Å²) in [7, 11) is -5.53. The van der Waals surface area contributed by atoms with Crippen LogP contribution in [0.25, 0.3) is 22.3 Å². The maximum Gasteiger partial charge on any atom is 0.306 e. The lowest BCUT2D eigenvalue weighted by Gasteiger charge is -2.21. The highest BCUT2D eigenvalue weighted by Crippen LogP contribution is 2.52. The van der Waals surface area contributed by atoms with Crippen molar-refractivity contribution in [3.05, 3.63) is 84.2 Å². The summed E-state index contributed by atoms with van der Waals surface area (Å²) in [6.07, 6.45) is 1.72. The first-order valence-electron chi connectivity index (χ1n) is 12.2. The summed E-state index contributed by atoms with van der Waals surface area (Å²) in [6.45, 7) is 0.118. The van der Waals surface area contributed by atoms with Crippen molar-refractivity contribution >= 4 is 25.9 Å². The van der Waals surface area contributed by atoms with Gasteiger partial charge in [-0.1, -0.05) is 42.5 Å². The third-order valence-electron chi connectivity index (χ3n) is 5.88. The van der Waals surface area contributed by atoms with Gasteiger partial charge in [0.2, 0.25) is 0 Å². The zero-order chi connectivity index (χ0) is 30.7. The predicted octanol–water partition coefficient (Wildman–Crippen LogP) is 5.01. The number of hydrogen-bond acceptors (Lipinski definition) is 10. The molecule has 222 valence electrons. The van der Waals surface area contributed by atoms with Gasteiger partial charge in [0.05, 0.1) is 38.0 Å². The summed E-state index contributed by atoms with van der Waals surface area (Å²) in [6, 6.07) is 19.1. The number of rotatable bonds is 11. The van der Waals surface area contributed by atoms with E-state index in [1.165, 1.54) is 44.6 Å². The van der Waals surface area contributed by atoms with Crippen LogP contribution in [0.1, 0.15) is 5.56 Å². The Morgan fingerprint density at radius 3 is 1.98 bits per heavy atom. The summed E-state index contributed by atoms with van der Waals surface area (Å²) < 4.78 is 91.2. The number of methoxy groups -OCH3 is 2. The second-order valence-electron chi connectivity index (χ2n) is 9.11. The SMILES string of the molecule is COc1cc(-c2ccc(N)c(F)c2)c(OC)c(OS(C)(=O)=O)c1-c1ccc(OCc2ccccc2)c(OS(C)(=O)=O)c1. The highest BCUT2D eigenvalue weighted by molar-refractivity contribution is 7.86. The minimum absolute atomic E-state index is 0.0598. The molecule has 0 aliphatic heterocycles. The van der Waals surface area contributed by atoms with Gasteiger partial charge in [-0.3, -0.25) is 0 Å². The lowest BCUT2D eigenvalue weighted by atomic mass is 9.96. The van der Waals surface area contributed by atoms with Crippen molar-refractivity contribution in [3.63, 3.8) is 0 Å². The van der Waals surface area contributed by atoms with E-state index in [1.807, 2.05) is 30.3 Å². The van der Waals surface area contributed by atoms with Crippen LogP contribution in [0, 0.1) is 5.82 Å². The summed E-state index contributed by atoms with van der Waals surface area (Å²) in [5.74, 6) is -0.993. The summed E-state index contributed by atoms with van der Waals surface area (Å²) in [5, 5.41) is 0. The van der Waals surface area contributed by atoms with Crippen LogP contribution >= 0.6 is 0 Å². The van der Waals surface area contributed by atoms with E-state index in [4.69, 9.17) is 28.3 Å². The van der Waals surface area contributed by atoms with Gasteiger partial charge in [0.15, 0.2) is 23.0 Å². The molecule has 0 bridgehead atoms. The van der Waals surface area contributed by atoms with Crippen molar-refractivity contribution in [1.82, 2.24) is 0 Å². The molecular weight excluding hydrogens is 589 g/mol. The number of anilines is 1. The number of benzene rings is 4. The molecule has 0 radical (unpaired) electrons. The van der Waals surface area contributed by atoms with E-state index in [1.54, 1.807) is 6.07 Å². The van der Waals surface area contributed by atoms with Gasteiger partial charge in [-0.25, -0.2) is 4.39 Å². The van der Waals surface area contributed by atoms with E-state index in [0.29, 0.717) is 5.56 Å². The van der Waals surface area contributed by atoms with Gasteiger partial charge in [0, 0.05) is 5.56 Å². The van der Waals surface area contributed by atoms with Crippen LogP contribution in [0.2, 0.25) is 0 Å². The van der Waals surface area contributed by atoms with Crippen LogP contribution in [0.4, 0.5) is 10.1 Å². The summed E-state index contributed by atoms with van der Waals surface area (Å²) in [5.41, 5.74) is 7.25. The number of ether oxygens (including phenoxy) is 3. The third kappa shape index (κ3) is 7.22. The Labute approximate surface area is 243 Å². The van der Waals surface area contributed by atoms with Crippen molar-refractivity contribution in [2.45, 2.75) is 6.61 Å². The second kappa shape index (κ2) is 12.2. The first-order chi connectivity index (χ1) is 19.8. The van der Waals surface area contributed by atoms with E-state index in [0.717, 1.165) is 24.1 Å². The van der Waals surface area contributed by atoms with Crippen LogP contribution in [0.15, 0.2) is 72.8 Å². The van der Waals surface area contributed by atoms with Crippen LogP contribution in [-0.4, -0.2) is 43.6 Å². The van der Waals surface area contributed by atoms with Gasteiger partial charge < -0.3 is 28.3 Å². The van der Waals surface area contributed by atoms with Crippen LogP contribution in [0.3, 0.4) is 0 Å². The minimum Gasteiger partial charge on any atom is -0.496 e. The Kier molecular flexibility index (Phi) is 8.83. The average molecular weight is 618 g/mol. The lowest BCUT2D eigenvalue weighted by Crippen LogP contribution is -2.10. The molecule has 0 fully saturated rings. The standard InChI is InChI=1S/C29H28FNO9S2/c1-36-26-16-21(19-10-12-23(31)22(30)14-19)28(37-2)29(40-42(4,34)35)27(26)20-11-13-24(25(15-20)39-41(3,32)33)38-17-18-8-6-5-7-9-18/h5-16H,17,31H2,1-4H3. The summed E-state index contributed by atoms with van der Waals surface area (Å²) in [4.78, 5) is 0. The lowest BCUT2D eigenvalue weighted by molar-refractivity contribution is 0.296. The number of halogens is 1. The van der Waals surface area contributed by atoms with Crippen molar-refractivity contribution in [3.8, 4) is 51.0 Å². The topological polar surface area (TPSA) is 140 Å². The van der Waals surface area contributed by atoms with Crippen molar-refractivity contribution in [2.75, 3.05) is 32.5 Å². The molecule has 10 nitrogen and oxygen atoms in total. The summed E-state index contributed by atoms with van der Waals surface area (Å²) >= 11 is 0. The first-order valence-corrected chi connectivity index (χ1v) is 15.9. The number of nitrogens with two attached hydrogens (primary N) is 1. The number of nitrogen functional groups attached to an aromatic ring is 1. The van der Waals surface area contributed by atoms with Crippen molar-refractivity contribution in [2.24, 2.45) is 0 Å². The quantitative estimate of drug-likeness (QED) is 0.180. The fraction of sp³-hybridized carbons (Fsp3) is 0.172. The Bertz CT molecular complexity index is 1830. The molecule has 2 N–H and O–H groups in total. The third-order valence-corrected chi connectivity index (χ3v) is 6.83. The van der Waals surface area contributed by atoms with E-state index in [2.05, 4.69) is 0 Å². The normalized spacial score (nSPS) is 11.5. The molecule has 4 rings (SSSR count). The Morgan fingerprint density at radius 1 is 0.714 bits per heavy atom. The average Bonchev–Trinajstić information content (AvgIpc) is 2.92. The molecule has 0 amide bonds. The molecular formula is C29H28FNO9S2. The molecule has 4 aromatic rings. The van der Waals surface area contributed by atoms with Gasteiger partial charge in [-0.05, 0) is 47.0 Å². The maximum absolute atomic E-state index is 14.4. The molecule has 0 aromatic heterocycles. The van der Waals surface area contributed by atoms with Crippen molar-refractivity contribution in [1.29, 1.82) is 0 Å². The number of hydrogen-bond donors (Lipinski definition) is 1. The zero-order valence-electron chi connectivity index (χ0n) is 23.1. The first kappa shape index (κ1) is 30.5. The highest BCUT2D eigenvalue weighted by atomic mass is 32.2. The van der Waals surface area contributed by atoms with E-state index < -0.39 is 26.1 Å². The monoisotopic (exact) mass is 617 g/mol. The van der Waals surface area contributed by atoms with Gasteiger partial charge >= 0.3 is 20.2 Å². The van der Waals surface area contributed by atoms with Gasteiger partial charge in [-0.15, -0.1) is 0 Å². The van der Waals surface area contributed by atoms with Gasteiger partial charge in [0.1, 0.15) is 18.2 Å². The molecule has 0 saturated heterocycles. The molecule has 4 aromatic carbocycles. The molecule has 0 spiro atoms. The second-order valence-corrected chi connectivity index (χ2v) is 12.3. The van der Waals surface area contributed by atoms with Crippen LogP contribution in [0.5, 0.6) is 28.7 Å².